The monoisotopic (exact) mass is 300 g/mol. The summed E-state index contributed by atoms with van der Waals surface area (Å²) in [6.07, 6.45) is 2.16. The van der Waals surface area contributed by atoms with Gasteiger partial charge in [0.15, 0.2) is 0 Å². The predicted octanol–water partition coefficient (Wildman–Crippen LogP) is 1.45. The Labute approximate surface area is 125 Å². The minimum Gasteiger partial charge on any atom is -0.421 e. The van der Waals surface area contributed by atoms with E-state index in [-0.39, 0.29) is 17.7 Å². The molecular weight excluding hydrogens is 272 g/mol. The molecule has 1 atom stereocenters. The van der Waals surface area contributed by atoms with Gasteiger partial charge >= 0.3 is 0 Å². The van der Waals surface area contributed by atoms with Crippen LogP contribution in [0.15, 0.2) is 0 Å². The van der Waals surface area contributed by atoms with Gasteiger partial charge in [-0.25, -0.2) is 0 Å². The van der Waals surface area contributed by atoms with Crippen molar-refractivity contribution in [3.63, 3.8) is 0 Å². The van der Waals surface area contributed by atoms with E-state index in [1.54, 1.807) is 25.9 Å². The Kier molecular flexibility index (Phi) is 8.72. The number of hydrogen-bond donors (Lipinski definition) is 1. The first-order chi connectivity index (χ1) is 9.26. The van der Waals surface area contributed by atoms with Gasteiger partial charge < -0.3 is 15.1 Å². The smallest absolute Gasteiger partial charge is 0.229 e. The summed E-state index contributed by atoms with van der Waals surface area (Å²) in [6, 6.07) is 0.970. The molecule has 2 amide bonds. The molecule has 1 unspecified atom stereocenters. The highest BCUT2D eigenvalue weighted by atomic mass is 28.2. The van der Waals surface area contributed by atoms with Crippen molar-refractivity contribution < 1.29 is 14.0 Å². The summed E-state index contributed by atoms with van der Waals surface area (Å²) < 4.78 is 5.02. The maximum absolute atomic E-state index is 12.4. The number of carbonyl (C=O) groups is 2. The lowest BCUT2D eigenvalue weighted by Gasteiger charge is -2.28. The molecule has 0 aliphatic heterocycles. The molecule has 0 rings (SSSR count). The van der Waals surface area contributed by atoms with Crippen LogP contribution in [0.4, 0.5) is 0 Å². The molecule has 0 aliphatic rings. The molecule has 0 saturated heterocycles. The first-order valence-corrected chi connectivity index (χ1v) is 8.18. The van der Waals surface area contributed by atoms with E-state index in [1.165, 1.54) is 0 Å². The van der Waals surface area contributed by atoms with Crippen LogP contribution < -0.4 is 5.73 Å². The summed E-state index contributed by atoms with van der Waals surface area (Å²) >= 11 is 0. The Morgan fingerprint density at radius 3 is 2.45 bits per heavy atom. The molecule has 6 heteroatoms. The Hall–Kier alpha value is -0.883. The number of carbonyl (C=O) groups excluding carboxylic acids is 2. The zero-order chi connectivity index (χ0) is 15.8. The van der Waals surface area contributed by atoms with E-state index in [0.717, 1.165) is 25.4 Å². The van der Waals surface area contributed by atoms with Crippen LogP contribution in [0.5, 0.6) is 0 Å². The predicted molar refractivity (Wildman–Crippen MR) is 81.2 cm³/mol. The summed E-state index contributed by atoms with van der Waals surface area (Å²) in [5, 5.41) is 0. The average Bonchev–Trinajstić information content (AvgIpc) is 2.39. The fourth-order valence-corrected chi connectivity index (χ4v) is 2.54. The third kappa shape index (κ3) is 6.52. The molecule has 2 radical (unpaired) electrons. The van der Waals surface area contributed by atoms with Crippen LogP contribution in [0.1, 0.15) is 40.0 Å². The summed E-state index contributed by atoms with van der Waals surface area (Å²) in [6.45, 7) is 6.29. The maximum Gasteiger partial charge on any atom is 0.229 e. The molecule has 0 aliphatic carbocycles. The molecule has 0 aromatic carbocycles. The van der Waals surface area contributed by atoms with Gasteiger partial charge in [-0.05, 0) is 25.3 Å². The second-order valence-corrected chi connectivity index (χ2v) is 6.97. The van der Waals surface area contributed by atoms with Gasteiger partial charge in [0, 0.05) is 32.0 Å². The number of rotatable bonds is 10. The molecule has 0 fully saturated rings. The summed E-state index contributed by atoms with van der Waals surface area (Å²) in [5.41, 5.74) is 4.74. The first-order valence-electron chi connectivity index (χ1n) is 7.07. The van der Waals surface area contributed by atoms with Crippen molar-refractivity contribution in [1.29, 1.82) is 0 Å². The van der Waals surface area contributed by atoms with E-state index in [2.05, 4.69) is 0 Å². The molecule has 0 aromatic heterocycles. The highest BCUT2D eigenvalue weighted by Gasteiger charge is 2.32. The van der Waals surface area contributed by atoms with E-state index < -0.39 is 5.41 Å². The molecule has 20 heavy (non-hydrogen) atoms. The second-order valence-electron chi connectivity index (χ2n) is 5.77. The zero-order valence-electron chi connectivity index (χ0n) is 13.4. The van der Waals surface area contributed by atoms with Crippen molar-refractivity contribution in [3.8, 4) is 0 Å². The summed E-state index contributed by atoms with van der Waals surface area (Å²) in [7, 11) is 4.00. The van der Waals surface area contributed by atoms with Crippen molar-refractivity contribution in [2.24, 2.45) is 17.1 Å². The van der Waals surface area contributed by atoms with Gasteiger partial charge in [-0.15, -0.1) is 0 Å². The van der Waals surface area contributed by atoms with Crippen molar-refractivity contribution in [3.05, 3.63) is 0 Å². The van der Waals surface area contributed by atoms with E-state index in [0.29, 0.717) is 16.2 Å². The van der Waals surface area contributed by atoms with Gasteiger partial charge in [0.1, 0.15) is 0 Å². The molecule has 0 saturated carbocycles. The van der Waals surface area contributed by atoms with E-state index in [4.69, 9.17) is 10.2 Å². The molecule has 0 aromatic rings. The van der Waals surface area contributed by atoms with Gasteiger partial charge in [0.25, 0.3) is 0 Å². The van der Waals surface area contributed by atoms with Gasteiger partial charge in [0.2, 0.25) is 21.6 Å². The highest BCUT2D eigenvalue weighted by Crippen LogP contribution is 2.28. The lowest BCUT2D eigenvalue weighted by Crippen LogP contribution is -2.39. The Balaban J connectivity index is 4.42. The van der Waals surface area contributed by atoms with Crippen LogP contribution in [0.25, 0.3) is 0 Å². The quantitative estimate of drug-likeness (QED) is 0.490. The topological polar surface area (TPSA) is 72.6 Å². The van der Waals surface area contributed by atoms with Crippen molar-refractivity contribution in [2.45, 2.75) is 46.1 Å². The van der Waals surface area contributed by atoms with Crippen molar-refractivity contribution in [1.82, 2.24) is 4.90 Å². The largest absolute Gasteiger partial charge is 0.421 e. The summed E-state index contributed by atoms with van der Waals surface area (Å²) in [5.74, 6) is -0.400. The minimum atomic E-state index is -0.644. The number of amides is 2. The number of hydrogen-bond acceptors (Lipinski definition) is 3. The number of nitrogens with zero attached hydrogens (tertiary/aromatic N) is 1. The first kappa shape index (κ1) is 19.1. The molecule has 116 valence electrons. The van der Waals surface area contributed by atoms with E-state index >= 15 is 0 Å². The summed E-state index contributed by atoms with van der Waals surface area (Å²) in [4.78, 5) is 25.5. The molecule has 0 spiro atoms. The molecule has 5 nitrogen and oxygen atoms in total. The van der Waals surface area contributed by atoms with Gasteiger partial charge in [0.05, 0.1) is 0 Å². The highest BCUT2D eigenvalue weighted by molar-refractivity contribution is 6.26. The molecule has 0 heterocycles. The lowest BCUT2D eigenvalue weighted by atomic mass is 9.80. The minimum absolute atomic E-state index is 0.0996. The van der Waals surface area contributed by atoms with Crippen LogP contribution in [0, 0.1) is 11.3 Å². The lowest BCUT2D eigenvalue weighted by molar-refractivity contribution is -0.136. The van der Waals surface area contributed by atoms with E-state index in [9.17, 15) is 9.59 Å². The Morgan fingerprint density at radius 1 is 1.40 bits per heavy atom. The van der Waals surface area contributed by atoms with Gasteiger partial charge in [-0.2, -0.15) is 0 Å². The maximum atomic E-state index is 12.4. The molecular formula is C14H28N2O3Si. The number of nitrogens with two attached hydrogens (primary N) is 1. The molecule has 0 bridgehead atoms. The van der Waals surface area contributed by atoms with Crippen molar-refractivity contribution in [2.75, 3.05) is 20.7 Å². The third-order valence-electron chi connectivity index (χ3n) is 3.56. The third-order valence-corrected chi connectivity index (χ3v) is 4.41. The van der Waals surface area contributed by atoms with Crippen LogP contribution >= 0.6 is 0 Å². The SMILES string of the molecule is CCC(CC(C)(C)C(N)=O)C(=O)N(C)CCC[Si]OC. The van der Waals surface area contributed by atoms with Crippen LogP contribution in [0.3, 0.4) is 0 Å². The molecule has 2 N–H and O–H groups in total. The van der Waals surface area contributed by atoms with Crippen molar-refractivity contribution >= 4 is 21.6 Å². The normalized spacial score (nSPS) is 13.1. The average molecular weight is 300 g/mol. The van der Waals surface area contributed by atoms with Crippen LogP contribution in [0.2, 0.25) is 6.04 Å². The Morgan fingerprint density at radius 2 is 2.00 bits per heavy atom. The standard InChI is InChI=1S/C14H28N2O3Si/c1-6-11(10-14(2,3)13(15)18)12(17)16(4)8-7-9-20-19-5/h11H,6-10H2,1-5H3,(H2,15,18). The van der Waals surface area contributed by atoms with E-state index in [1.807, 2.05) is 14.0 Å². The fourth-order valence-electron chi connectivity index (χ4n) is 2.04. The Bertz CT molecular complexity index is 322. The fraction of sp³-hybridized carbons (Fsp3) is 0.857. The van der Waals surface area contributed by atoms with Crippen LogP contribution in [-0.4, -0.2) is 47.2 Å². The van der Waals surface area contributed by atoms with Gasteiger partial charge in [-0.3, -0.25) is 9.59 Å². The van der Waals surface area contributed by atoms with Crippen LogP contribution in [-0.2, 0) is 14.0 Å². The zero-order valence-corrected chi connectivity index (χ0v) is 14.4. The van der Waals surface area contributed by atoms with Gasteiger partial charge in [-0.1, -0.05) is 20.8 Å². The number of primary amides is 1. The second kappa shape index (κ2) is 9.13.